The molecule has 1 heterocycles. The van der Waals surface area contributed by atoms with Crippen LogP contribution in [0.3, 0.4) is 0 Å². The van der Waals surface area contributed by atoms with Gasteiger partial charge < -0.3 is 4.74 Å². The van der Waals surface area contributed by atoms with Crippen molar-refractivity contribution in [1.82, 2.24) is 0 Å². The molecule has 4 heteroatoms. The minimum absolute atomic E-state index is 0.0481. The minimum Gasteiger partial charge on any atom is -0.426 e. The number of benzene rings is 1. The quantitative estimate of drug-likeness (QED) is 0.615. The van der Waals surface area contributed by atoms with E-state index >= 15 is 0 Å². The van der Waals surface area contributed by atoms with Crippen molar-refractivity contribution in [2.24, 2.45) is 23.2 Å². The lowest BCUT2D eigenvalue weighted by Gasteiger charge is -2.58. The van der Waals surface area contributed by atoms with Crippen LogP contribution in [-0.2, 0) is 19.3 Å². The highest BCUT2D eigenvalue weighted by atomic mass is 17.2. The number of hydrogen-bond donors (Lipinski definition) is 0. The number of ether oxygens (including phenoxy) is 1. The van der Waals surface area contributed by atoms with Crippen molar-refractivity contribution in [3.63, 3.8) is 0 Å². The van der Waals surface area contributed by atoms with Crippen LogP contribution in [0.2, 0.25) is 0 Å². The zero-order valence-electron chi connectivity index (χ0n) is 13.1. The molecule has 1 aromatic carbocycles. The number of cyclic esters (lactones) is 1. The first-order valence-corrected chi connectivity index (χ1v) is 8.79. The molecule has 0 unspecified atom stereocenters. The van der Waals surface area contributed by atoms with Crippen molar-refractivity contribution in [3.8, 4) is 0 Å². The fourth-order valence-electron chi connectivity index (χ4n) is 5.92. The Hall–Kier alpha value is -1.39. The largest absolute Gasteiger partial charge is 0.426 e. The molecule has 0 aromatic heterocycles. The van der Waals surface area contributed by atoms with E-state index < -0.39 is 12.4 Å². The summed E-state index contributed by atoms with van der Waals surface area (Å²) in [7, 11) is 0. The fourth-order valence-corrected chi connectivity index (χ4v) is 5.92. The molecule has 1 aliphatic heterocycles. The molecule has 23 heavy (non-hydrogen) atoms. The zero-order chi connectivity index (χ0) is 15.4. The van der Waals surface area contributed by atoms with Crippen LogP contribution in [0, 0.1) is 23.2 Å². The van der Waals surface area contributed by atoms with Crippen molar-refractivity contribution >= 4 is 5.97 Å². The molecule has 4 aliphatic carbocycles. The fraction of sp³-hybridized carbons (Fsp3) is 0.632. The molecule has 0 radical (unpaired) electrons. The first-order chi connectivity index (χ1) is 11.2. The molecule has 6 rings (SSSR count). The van der Waals surface area contributed by atoms with Gasteiger partial charge in [0.2, 0.25) is 0 Å². The van der Waals surface area contributed by atoms with Crippen LogP contribution < -0.4 is 0 Å². The van der Waals surface area contributed by atoms with Gasteiger partial charge in [0.05, 0.1) is 0 Å². The van der Waals surface area contributed by atoms with Crippen LogP contribution in [0.15, 0.2) is 30.3 Å². The summed E-state index contributed by atoms with van der Waals surface area (Å²) in [5.41, 5.74) is 0.762. The highest BCUT2D eigenvalue weighted by molar-refractivity contribution is 5.76. The van der Waals surface area contributed by atoms with Gasteiger partial charge in [-0.2, -0.15) is 4.89 Å². The number of carbonyl (C=O) groups excluding carboxylic acids is 1. The summed E-state index contributed by atoms with van der Waals surface area (Å²) < 4.78 is 5.59. The first-order valence-electron chi connectivity index (χ1n) is 8.79. The Morgan fingerprint density at radius 2 is 1.48 bits per heavy atom. The van der Waals surface area contributed by atoms with E-state index in [1.807, 2.05) is 30.3 Å². The van der Waals surface area contributed by atoms with Crippen LogP contribution >= 0.6 is 0 Å². The smallest absolute Gasteiger partial charge is 0.341 e. The third kappa shape index (κ3) is 2.23. The number of esters is 1. The molecule has 1 aromatic rings. The van der Waals surface area contributed by atoms with E-state index in [0.717, 1.165) is 42.6 Å². The maximum absolute atomic E-state index is 12.7. The van der Waals surface area contributed by atoms with Crippen LogP contribution in [0.25, 0.3) is 0 Å². The molecule has 0 N–H and O–H groups in total. The predicted octanol–water partition coefficient (Wildman–Crippen LogP) is 3.78. The monoisotopic (exact) mass is 314 g/mol. The van der Waals surface area contributed by atoms with Gasteiger partial charge in [-0.05, 0) is 56.3 Å². The Bertz CT molecular complexity index is 576. The average molecular weight is 314 g/mol. The standard InChI is InChI=1S/C19H22O4/c20-17-16(22-23-18(21-17)15-4-2-1-3-5-15)19-9-12-6-13(10-19)8-14(7-12)11-19/h1-5,12-14,16,18H,6-11H2/t12?,13?,14?,16-,18-,19?/m0/s1. The van der Waals surface area contributed by atoms with Crippen LogP contribution in [0.4, 0.5) is 0 Å². The maximum Gasteiger partial charge on any atom is 0.341 e. The van der Waals surface area contributed by atoms with Gasteiger partial charge in [0, 0.05) is 11.0 Å². The Labute approximate surface area is 136 Å². The van der Waals surface area contributed by atoms with E-state index in [1.54, 1.807) is 0 Å². The molecule has 4 bridgehead atoms. The molecule has 122 valence electrons. The van der Waals surface area contributed by atoms with Crippen LogP contribution in [0.5, 0.6) is 0 Å². The molecule has 5 fully saturated rings. The average Bonchev–Trinajstić information content (AvgIpc) is 2.54. The number of carbonyl (C=O) groups is 1. The number of hydrogen-bond acceptors (Lipinski definition) is 4. The second-order valence-corrected chi connectivity index (χ2v) is 8.03. The lowest BCUT2D eigenvalue weighted by Crippen LogP contribution is -2.56. The van der Waals surface area contributed by atoms with Gasteiger partial charge in [-0.3, -0.25) is 0 Å². The van der Waals surface area contributed by atoms with Crippen molar-refractivity contribution in [1.29, 1.82) is 0 Å². The molecule has 1 saturated heterocycles. The highest BCUT2D eigenvalue weighted by Crippen LogP contribution is 2.62. The van der Waals surface area contributed by atoms with Gasteiger partial charge in [0.25, 0.3) is 6.29 Å². The van der Waals surface area contributed by atoms with Gasteiger partial charge in [-0.15, -0.1) is 0 Å². The summed E-state index contributed by atoms with van der Waals surface area (Å²) in [6, 6.07) is 9.49. The molecule has 0 spiro atoms. The Morgan fingerprint density at radius 3 is 2.04 bits per heavy atom. The Kier molecular flexibility index (Phi) is 3.07. The van der Waals surface area contributed by atoms with Gasteiger partial charge in [-0.1, -0.05) is 30.3 Å². The summed E-state index contributed by atoms with van der Waals surface area (Å²) in [4.78, 5) is 23.8. The van der Waals surface area contributed by atoms with E-state index in [1.165, 1.54) is 19.3 Å². The Morgan fingerprint density at radius 1 is 0.870 bits per heavy atom. The van der Waals surface area contributed by atoms with Crippen molar-refractivity contribution in [3.05, 3.63) is 35.9 Å². The molecule has 4 nitrogen and oxygen atoms in total. The highest BCUT2D eigenvalue weighted by Gasteiger charge is 2.58. The molecular formula is C19H22O4. The van der Waals surface area contributed by atoms with E-state index in [2.05, 4.69) is 0 Å². The Balaban J connectivity index is 1.36. The van der Waals surface area contributed by atoms with E-state index in [-0.39, 0.29) is 11.4 Å². The summed E-state index contributed by atoms with van der Waals surface area (Å²) >= 11 is 0. The minimum atomic E-state index is -0.742. The maximum atomic E-state index is 12.7. The van der Waals surface area contributed by atoms with E-state index in [9.17, 15) is 4.79 Å². The van der Waals surface area contributed by atoms with Crippen LogP contribution in [-0.4, -0.2) is 12.1 Å². The van der Waals surface area contributed by atoms with Crippen molar-refractivity contribution in [2.75, 3.05) is 0 Å². The zero-order valence-corrected chi connectivity index (χ0v) is 13.1. The van der Waals surface area contributed by atoms with Gasteiger partial charge in [-0.25, -0.2) is 9.68 Å². The van der Waals surface area contributed by atoms with Gasteiger partial charge in [0.1, 0.15) is 0 Å². The molecule has 4 saturated carbocycles. The second kappa shape index (κ2) is 5.05. The van der Waals surface area contributed by atoms with Gasteiger partial charge >= 0.3 is 5.97 Å². The summed E-state index contributed by atoms with van der Waals surface area (Å²) in [6.45, 7) is 0. The molecule has 0 amide bonds. The van der Waals surface area contributed by atoms with E-state index in [0.29, 0.717) is 0 Å². The summed E-state index contributed by atoms with van der Waals surface area (Å²) in [5.74, 6) is 2.06. The van der Waals surface area contributed by atoms with Crippen molar-refractivity contribution in [2.45, 2.75) is 50.9 Å². The van der Waals surface area contributed by atoms with Gasteiger partial charge in [0.15, 0.2) is 6.10 Å². The molecular weight excluding hydrogens is 292 g/mol. The lowest BCUT2D eigenvalue weighted by atomic mass is 9.48. The summed E-state index contributed by atoms with van der Waals surface area (Å²) in [6.07, 6.45) is 6.02. The second-order valence-electron chi connectivity index (χ2n) is 8.03. The first kappa shape index (κ1) is 14.0. The third-order valence-electron chi connectivity index (χ3n) is 6.39. The van der Waals surface area contributed by atoms with Crippen LogP contribution in [0.1, 0.15) is 50.4 Å². The third-order valence-corrected chi connectivity index (χ3v) is 6.39. The normalized spacial score (nSPS) is 45.0. The topological polar surface area (TPSA) is 44.8 Å². The van der Waals surface area contributed by atoms with Crippen molar-refractivity contribution < 1.29 is 19.3 Å². The van der Waals surface area contributed by atoms with E-state index in [4.69, 9.17) is 14.5 Å². The predicted molar refractivity (Wildman–Crippen MR) is 81.8 cm³/mol. The SMILES string of the molecule is O=C1O[C@H](c2ccccc2)OO[C@@H]1C12CC3CC(CC(C3)C1)C2. The lowest BCUT2D eigenvalue weighted by molar-refractivity contribution is -0.436. The molecule has 5 aliphatic rings. The number of rotatable bonds is 2. The molecule has 2 atom stereocenters. The summed E-state index contributed by atoms with van der Waals surface area (Å²) in [5, 5.41) is 0.